The van der Waals surface area contributed by atoms with Gasteiger partial charge in [0.1, 0.15) is 0 Å². The molecule has 5 heteroatoms. The monoisotopic (exact) mass is 358 g/mol. The summed E-state index contributed by atoms with van der Waals surface area (Å²) < 4.78 is 12.0. The van der Waals surface area contributed by atoms with E-state index in [9.17, 15) is 0 Å². The highest BCUT2D eigenvalue weighted by atomic mass is 79.9. The molecule has 1 aromatic rings. The number of nitrogens with two attached hydrogens (primary N) is 1. The maximum absolute atomic E-state index is 5.95. The van der Waals surface area contributed by atoms with E-state index in [0.29, 0.717) is 0 Å². The molecule has 1 atom stereocenters. The molecule has 0 aliphatic rings. The van der Waals surface area contributed by atoms with Crippen LogP contribution in [0.5, 0.6) is 0 Å². The minimum absolute atomic E-state index is 0.0220. The van der Waals surface area contributed by atoms with Crippen molar-refractivity contribution in [1.82, 2.24) is 0 Å². The van der Waals surface area contributed by atoms with Crippen LogP contribution in [0, 0.1) is 0 Å². The maximum atomic E-state index is 5.95. The van der Waals surface area contributed by atoms with Crippen LogP contribution < -0.4 is 10.6 Å². The summed E-state index contributed by atoms with van der Waals surface area (Å²) >= 11 is 3.61. The number of ether oxygens (including phenoxy) is 2. The van der Waals surface area contributed by atoms with Crippen LogP contribution in [-0.4, -0.2) is 39.5 Å². The first-order valence-corrected chi connectivity index (χ1v) is 8.34. The van der Waals surface area contributed by atoms with Gasteiger partial charge in [-0.15, -0.1) is 0 Å². The molecule has 0 aliphatic carbocycles. The third kappa shape index (κ3) is 6.34. The van der Waals surface area contributed by atoms with Gasteiger partial charge in [-0.2, -0.15) is 0 Å². The molecule has 0 fully saturated rings. The first-order valence-electron chi connectivity index (χ1n) is 7.55. The molecule has 4 nitrogen and oxygen atoms in total. The fourth-order valence-corrected chi connectivity index (χ4v) is 2.82. The normalized spacial score (nSPS) is 12.4. The van der Waals surface area contributed by atoms with Crippen molar-refractivity contribution in [2.75, 3.05) is 44.4 Å². The molecule has 0 amide bonds. The zero-order valence-electron chi connectivity index (χ0n) is 13.3. The number of halogens is 1. The Morgan fingerprint density at radius 1 is 1.14 bits per heavy atom. The Morgan fingerprint density at radius 2 is 1.71 bits per heavy atom. The lowest BCUT2D eigenvalue weighted by Gasteiger charge is -2.25. The molecular weight excluding hydrogens is 332 g/mol. The average Bonchev–Trinajstić information content (AvgIpc) is 2.45. The first kappa shape index (κ1) is 18.4. The largest absolute Gasteiger partial charge is 0.380 e. The number of hydrogen-bond acceptors (Lipinski definition) is 4. The summed E-state index contributed by atoms with van der Waals surface area (Å²) in [5.41, 5.74) is 8.23. The highest BCUT2D eigenvalue weighted by Gasteiger charge is 2.10. The van der Waals surface area contributed by atoms with Gasteiger partial charge in [-0.1, -0.05) is 22.0 Å². The van der Waals surface area contributed by atoms with Crippen LogP contribution in [0.3, 0.4) is 0 Å². The van der Waals surface area contributed by atoms with Gasteiger partial charge in [0, 0.05) is 42.5 Å². The van der Waals surface area contributed by atoms with Crippen molar-refractivity contribution in [2.24, 2.45) is 5.73 Å². The van der Waals surface area contributed by atoms with Crippen molar-refractivity contribution in [3.05, 3.63) is 28.2 Å². The summed E-state index contributed by atoms with van der Waals surface area (Å²) in [7, 11) is 0. The van der Waals surface area contributed by atoms with Gasteiger partial charge < -0.3 is 20.1 Å². The Bertz CT molecular complexity index is 403. The first-order chi connectivity index (χ1) is 10.1. The Balaban J connectivity index is 2.77. The molecule has 120 valence electrons. The molecule has 0 spiro atoms. The van der Waals surface area contributed by atoms with Gasteiger partial charge in [-0.3, -0.25) is 0 Å². The molecule has 2 N–H and O–H groups in total. The van der Waals surface area contributed by atoms with Crippen LogP contribution in [0.25, 0.3) is 0 Å². The molecule has 0 unspecified atom stereocenters. The van der Waals surface area contributed by atoms with E-state index >= 15 is 0 Å². The molecule has 0 bridgehead atoms. The average molecular weight is 359 g/mol. The zero-order valence-corrected chi connectivity index (χ0v) is 14.9. The Hall–Kier alpha value is -0.620. The summed E-state index contributed by atoms with van der Waals surface area (Å²) in [5.74, 6) is 0. The lowest BCUT2D eigenvalue weighted by molar-refractivity contribution is 0.141. The molecule has 21 heavy (non-hydrogen) atoms. The quantitative estimate of drug-likeness (QED) is 0.651. The van der Waals surface area contributed by atoms with Crippen molar-refractivity contribution < 1.29 is 9.47 Å². The van der Waals surface area contributed by atoms with Crippen molar-refractivity contribution in [3.8, 4) is 0 Å². The predicted octanol–water partition coefficient (Wildman–Crippen LogP) is 3.35. The van der Waals surface area contributed by atoms with Gasteiger partial charge in [0.25, 0.3) is 0 Å². The fourth-order valence-electron chi connectivity index (χ4n) is 2.09. The molecular formula is C16H27BrN2O2. The van der Waals surface area contributed by atoms with E-state index in [1.165, 1.54) is 0 Å². The van der Waals surface area contributed by atoms with E-state index in [0.717, 1.165) is 55.2 Å². The SMILES string of the molecule is CCOCCN(CCOCC)c1ccc([C@@H](C)N)c(Br)c1. The topological polar surface area (TPSA) is 47.7 Å². The molecule has 0 saturated heterocycles. The van der Waals surface area contributed by atoms with Crippen molar-refractivity contribution >= 4 is 21.6 Å². The molecule has 0 heterocycles. The third-order valence-corrected chi connectivity index (χ3v) is 3.95. The van der Waals surface area contributed by atoms with E-state index in [2.05, 4.69) is 39.0 Å². The van der Waals surface area contributed by atoms with Crippen molar-refractivity contribution in [1.29, 1.82) is 0 Å². The standard InChI is InChI=1S/C16H27BrN2O2/c1-4-20-10-8-19(9-11-21-5-2)14-6-7-15(13(3)18)16(17)12-14/h6-7,12-13H,4-5,8-11,18H2,1-3H3/t13-/m1/s1. The van der Waals surface area contributed by atoms with Crippen LogP contribution in [0.2, 0.25) is 0 Å². The molecule has 0 aliphatic heterocycles. The second-order valence-corrected chi connectivity index (χ2v) is 5.73. The summed E-state index contributed by atoms with van der Waals surface area (Å²) in [6.45, 7) is 10.6. The van der Waals surface area contributed by atoms with Crippen molar-refractivity contribution in [2.45, 2.75) is 26.8 Å². The molecule has 1 rings (SSSR count). The minimum Gasteiger partial charge on any atom is -0.380 e. The maximum Gasteiger partial charge on any atom is 0.0641 e. The van der Waals surface area contributed by atoms with E-state index in [1.807, 2.05) is 20.8 Å². The number of rotatable bonds is 10. The highest BCUT2D eigenvalue weighted by molar-refractivity contribution is 9.10. The molecule has 0 saturated carbocycles. The summed E-state index contributed by atoms with van der Waals surface area (Å²) in [4.78, 5) is 2.28. The smallest absolute Gasteiger partial charge is 0.0641 e. The minimum atomic E-state index is 0.0220. The lowest BCUT2D eigenvalue weighted by atomic mass is 10.1. The number of nitrogens with zero attached hydrogens (tertiary/aromatic N) is 1. The van der Waals surface area contributed by atoms with E-state index in [1.54, 1.807) is 0 Å². The van der Waals surface area contributed by atoms with Gasteiger partial charge in [-0.25, -0.2) is 0 Å². The molecule has 0 aromatic heterocycles. The van der Waals surface area contributed by atoms with Gasteiger partial charge in [0.15, 0.2) is 0 Å². The van der Waals surface area contributed by atoms with Gasteiger partial charge in [0.2, 0.25) is 0 Å². The van der Waals surface area contributed by atoms with Crippen LogP contribution >= 0.6 is 15.9 Å². The Labute approximate surface area is 136 Å². The summed E-state index contributed by atoms with van der Waals surface area (Å²) in [6, 6.07) is 6.34. The van der Waals surface area contributed by atoms with E-state index < -0.39 is 0 Å². The number of benzene rings is 1. The highest BCUT2D eigenvalue weighted by Crippen LogP contribution is 2.27. The van der Waals surface area contributed by atoms with Crippen LogP contribution in [-0.2, 0) is 9.47 Å². The van der Waals surface area contributed by atoms with Gasteiger partial charge >= 0.3 is 0 Å². The fraction of sp³-hybridized carbons (Fsp3) is 0.625. The van der Waals surface area contributed by atoms with E-state index in [4.69, 9.17) is 15.2 Å². The lowest BCUT2D eigenvalue weighted by Crippen LogP contribution is -2.31. The zero-order chi connectivity index (χ0) is 15.7. The van der Waals surface area contributed by atoms with Crippen LogP contribution in [0.4, 0.5) is 5.69 Å². The Kier molecular flexibility index (Phi) is 8.92. The second kappa shape index (κ2) is 10.2. The molecule has 1 aromatic carbocycles. The Morgan fingerprint density at radius 3 is 2.14 bits per heavy atom. The van der Waals surface area contributed by atoms with Crippen LogP contribution in [0.15, 0.2) is 22.7 Å². The van der Waals surface area contributed by atoms with Gasteiger partial charge in [-0.05, 0) is 38.5 Å². The number of hydrogen-bond donors (Lipinski definition) is 1. The van der Waals surface area contributed by atoms with Crippen LogP contribution in [0.1, 0.15) is 32.4 Å². The summed E-state index contributed by atoms with van der Waals surface area (Å²) in [5, 5.41) is 0. The number of anilines is 1. The predicted molar refractivity (Wildman–Crippen MR) is 91.9 cm³/mol. The van der Waals surface area contributed by atoms with E-state index in [-0.39, 0.29) is 6.04 Å². The third-order valence-electron chi connectivity index (χ3n) is 3.26. The second-order valence-electron chi connectivity index (χ2n) is 4.88. The van der Waals surface area contributed by atoms with Crippen molar-refractivity contribution in [3.63, 3.8) is 0 Å². The molecule has 0 radical (unpaired) electrons. The van der Waals surface area contributed by atoms with Gasteiger partial charge in [0.05, 0.1) is 13.2 Å². The summed E-state index contributed by atoms with van der Waals surface area (Å²) in [6.07, 6.45) is 0.